The Morgan fingerprint density at radius 1 is 1.13 bits per heavy atom. The molecule has 0 unspecified atom stereocenters. The summed E-state index contributed by atoms with van der Waals surface area (Å²) >= 11 is 0. The summed E-state index contributed by atoms with van der Waals surface area (Å²) in [6.07, 6.45) is 1.00. The summed E-state index contributed by atoms with van der Waals surface area (Å²) in [5.74, 6) is -1.62. The van der Waals surface area contributed by atoms with Crippen molar-refractivity contribution < 1.29 is 23.9 Å². The van der Waals surface area contributed by atoms with Crippen molar-refractivity contribution in [3.63, 3.8) is 0 Å². The Balaban J connectivity index is 1.55. The van der Waals surface area contributed by atoms with Crippen LogP contribution in [-0.4, -0.2) is 51.8 Å². The quantitative estimate of drug-likeness (QED) is 0.398. The van der Waals surface area contributed by atoms with Gasteiger partial charge < -0.3 is 14.6 Å². The van der Waals surface area contributed by atoms with Gasteiger partial charge in [-0.3, -0.25) is 19.3 Å². The van der Waals surface area contributed by atoms with Crippen LogP contribution in [0.4, 0.5) is 4.79 Å². The van der Waals surface area contributed by atoms with Crippen molar-refractivity contribution in [2.75, 3.05) is 13.2 Å². The fourth-order valence-corrected chi connectivity index (χ4v) is 3.64. The first-order valence-corrected chi connectivity index (χ1v) is 10.1. The van der Waals surface area contributed by atoms with E-state index in [-0.39, 0.29) is 5.78 Å². The van der Waals surface area contributed by atoms with Gasteiger partial charge in [-0.05, 0) is 45.2 Å². The maximum Gasteiger partial charge on any atom is 0.326 e. The molecule has 8 heteroatoms. The maximum absolute atomic E-state index is 12.8. The maximum atomic E-state index is 12.8. The van der Waals surface area contributed by atoms with Gasteiger partial charge in [-0.2, -0.15) is 0 Å². The van der Waals surface area contributed by atoms with Gasteiger partial charge >= 0.3 is 12.0 Å². The number of nitrogens with zero attached hydrogens (tertiary/aromatic N) is 2. The smallest absolute Gasteiger partial charge is 0.326 e. The van der Waals surface area contributed by atoms with Crippen LogP contribution in [0.3, 0.4) is 0 Å². The minimum absolute atomic E-state index is 0.334. The van der Waals surface area contributed by atoms with Gasteiger partial charge in [0.05, 0.1) is 0 Å². The van der Waals surface area contributed by atoms with Crippen LogP contribution >= 0.6 is 0 Å². The number of hydrogen-bond donors (Lipinski definition) is 1. The third-order valence-corrected chi connectivity index (χ3v) is 5.83. The number of aromatic nitrogens is 1. The van der Waals surface area contributed by atoms with Crippen molar-refractivity contribution in [2.45, 2.75) is 39.2 Å². The van der Waals surface area contributed by atoms with Gasteiger partial charge in [0.15, 0.2) is 6.61 Å². The average molecular weight is 425 g/mol. The van der Waals surface area contributed by atoms with E-state index < -0.39 is 36.6 Å². The lowest BCUT2D eigenvalue weighted by atomic mass is 9.93. The second-order valence-corrected chi connectivity index (χ2v) is 8.07. The molecular weight excluding hydrogens is 398 g/mol. The van der Waals surface area contributed by atoms with Gasteiger partial charge in [0, 0.05) is 24.0 Å². The molecule has 31 heavy (non-hydrogen) atoms. The summed E-state index contributed by atoms with van der Waals surface area (Å²) in [5, 5.41) is 2.67. The van der Waals surface area contributed by atoms with Crippen molar-refractivity contribution in [3.05, 3.63) is 58.9 Å². The van der Waals surface area contributed by atoms with Gasteiger partial charge in [0.1, 0.15) is 12.1 Å². The molecule has 0 aliphatic carbocycles. The van der Waals surface area contributed by atoms with Crippen LogP contribution in [-0.2, 0) is 27.8 Å². The molecule has 1 aromatic carbocycles. The molecule has 1 aliphatic rings. The first-order valence-electron chi connectivity index (χ1n) is 10.1. The van der Waals surface area contributed by atoms with Crippen LogP contribution in [0.25, 0.3) is 0 Å². The number of amides is 3. The number of carbonyl (C=O) groups is 4. The zero-order chi connectivity index (χ0) is 22.8. The summed E-state index contributed by atoms with van der Waals surface area (Å²) in [6, 6.07) is 10.7. The van der Waals surface area contributed by atoms with Crippen LogP contribution < -0.4 is 5.32 Å². The van der Waals surface area contributed by atoms with Gasteiger partial charge in [0.25, 0.3) is 5.91 Å². The first kappa shape index (κ1) is 22.3. The van der Waals surface area contributed by atoms with Gasteiger partial charge in [-0.1, -0.05) is 30.3 Å². The Labute approximate surface area is 181 Å². The Bertz CT molecular complexity index is 1030. The van der Waals surface area contributed by atoms with E-state index in [0.717, 1.165) is 21.9 Å². The number of ether oxygens (including phenoxy) is 1. The summed E-state index contributed by atoms with van der Waals surface area (Å²) in [7, 11) is 1.85. The van der Waals surface area contributed by atoms with Crippen LogP contribution in [0, 0.1) is 13.8 Å². The number of benzene rings is 1. The number of ketones is 1. The van der Waals surface area contributed by atoms with Crippen molar-refractivity contribution in [2.24, 2.45) is 7.05 Å². The molecule has 3 amide bonds. The highest BCUT2D eigenvalue weighted by Gasteiger charge is 2.48. The predicted octanol–water partition coefficient (Wildman–Crippen LogP) is 2.31. The molecule has 1 aliphatic heterocycles. The molecule has 1 aromatic heterocycles. The Morgan fingerprint density at radius 2 is 1.81 bits per heavy atom. The van der Waals surface area contributed by atoms with E-state index in [1.54, 1.807) is 13.0 Å². The van der Waals surface area contributed by atoms with Crippen molar-refractivity contribution in [1.29, 1.82) is 0 Å². The molecule has 8 nitrogen and oxygen atoms in total. The molecule has 0 radical (unpaired) electrons. The third kappa shape index (κ3) is 4.68. The number of hydrogen-bond acceptors (Lipinski definition) is 5. The summed E-state index contributed by atoms with van der Waals surface area (Å²) in [4.78, 5) is 50.5. The van der Waals surface area contributed by atoms with Gasteiger partial charge in [0.2, 0.25) is 5.78 Å². The van der Waals surface area contributed by atoms with E-state index in [9.17, 15) is 19.2 Å². The molecule has 1 N–H and O–H groups in total. The molecule has 1 fully saturated rings. The first-order chi connectivity index (χ1) is 14.6. The largest absolute Gasteiger partial charge is 0.456 e. The molecular formula is C23H27N3O5. The van der Waals surface area contributed by atoms with Crippen LogP contribution in [0.5, 0.6) is 0 Å². The number of aryl methyl sites for hydroxylation is 2. The molecule has 0 spiro atoms. The van der Waals surface area contributed by atoms with E-state index in [1.165, 1.54) is 0 Å². The number of esters is 1. The fraction of sp³-hybridized carbons (Fsp3) is 0.391. The second kappa shape index (κ2) is 8.75. The van der Waals surface area contributed by atoms with Gasteiger partial charge in [-0.25, -0.2) is 4.79 Å². The number of carbonyl (C=O) groups excluding carboxylic acids is 4. The molecule has 2 aromatic rings. The highest BCUT2D eigenvalue weighted by molar-refractivity contribution is 6.08. The second-order valence-electron chi connectivity index (χ2n) is 8.07. The Morgan fingerprint density at radius 3 is 2.42 bits per heavy atom. The lowest BCUT2D eigenvalue weighted by Crippen LogP contribution is -2.44. The molecule has 3 rings (SSSR count). The highest BCUT2D eigenvalue weighted by Crippen LogP contribution is 2.23. The molecule has 1 atom stereocenters. The summed E-state index contributed by atoms with van der Waals surface area (Å²) in [5.41, 5.74) is 2.13. The third-order valence-electron chi connectivity index (χ3n) is 5.83. The topological polar surface area (TPSA) is 97.7 Å². The zero-order valence-corrected chi connectivity index (χ0v) is 18.2. The van der Waals surface area contributed by atoms with Crippen LogP contribution in [0.15, 0.2) is 36.4 Å². The van der Waals surface area contributed by atoms with E-state index in [4.69, 9.17) is 4.74 Å². The number of urea groups is 1. The normalized spacial score (nSPS) is 18.3. The molecule has 0 bridgehead atoms. The van der Waals surface area contributed by atoms with Gasteiger partial charge in [-0.15, -0.1) is 0 Å². The molecule has 164 valence electrons. The van der Waals surface area contributed by atoms with Crippen LogP contribution in [0.1, 0.15) is 40.7 Å². The monoisotopic (exact) mass is 425 g/mol. The number of rotatable bonds is 8. The van der Waals surface area contributed by atoms with E-state index in [2.05, 4.69) is 5.32 Å². The fourth-order valence-electron chi connectivity index (χ4n) is 3.64. The molecule has 0 saturated carbocycles. The standard InChI is InChI=1S/C23H27N3O5/c1-15-12-18(16(2)25(15)4)19(27)14-31-20(28)13-26-21(29)23(3,24-22(26)30)11-10-17-8-6-5-7-9-17/h5-9,12H,10-11,13-14H2,1-4H3,(H,24,30)/t23-/m0/s1. The average Bonchev–Trinajstić information content (AvgIpc) is 3.13. The Kier molecular flexibility index (Phi) is 6.29. The molecule has 1 saturated heterocycles. The van der Waals surface area contributed by atoms with E-state index >= 15 is 0 Å². The van der Waals surface area contributed by atoms with Crippen LogP contribution in [0.2, 0.25) is 0 Å². The highest BCUT2D eigenvalue weighted by atomic mass is 16.5. The number of imide groups is 1. The Hall–Kier alpha value is -3.42. The number of Topliss-reactive ketones (excluding diaryl/α,β-unsaturated/α-hetero) is 1. The minimum atomic E-state index is -1.10. The van der Waals surface area contributed by atoms with Crippen molar-refractivity contribution in [1.82, 2.24) is 14.8 Å². The molecule has 2 heterocycles. The summed E-state index contributed by atoms with van der Waals surface area (Å²) < 4.78 is 6.92. The SMILES string of the molecule is Cc1cc(C(=O)COC(=O)CN2C(=O)N[C@@](C)(CCc3ccccc3)C2=O)c(C)n1C. The zero-order valence-electron chi connectivity index (χ0n) is 18.2. The lowest BCUT2D eigenvalue weighted by Gasteiger charge is -2.21. The number of nitrogens with one attached hydrogen (secondary N) is 1. The summed E-state index contributed by atoms with van der Waals surface area (Å²) in [6.45, 7) is 4.35. The predicted molar refractivity (Wildman–Crippen MR) is 114 cm³/mol. The van der Waals surface area contributed by atoms with Crippen molar-refractivity contribution in [3.8, 4) is 0 Å². The minimum Gasteiger partial charge on any atom is -0.456 e. The lowest BCUT2D eigenvalue weighted by molar-refractivity contribution is -0.146. The van der Waals surface area contributed by atoms with Crippen molar-refractivity contribution >= 4 is 23.7 Å². The van der Waals surface area contributed by atoms with E-state index in [0.29, 0.717) is 18.4 Å². The van der Waals surface area contributed by atoms with E-state index in [1.807, 2.05) is 55.8 Å².